The highest BCUT2D eigenvalue weighted by molar-refractivity contribution is 7.80. The van der Waals surface area contributed by atoms with Gasteiger partial charge in [-0.3, -0.25) is 4.79 Å². The van der Waals surface area contributed by atoms with Gasteiger partial charge in [0.15, 0.2) is 16.6 Å². The topological polar surface area (TPSA) is 93.1 Å². The molecule has 12 heteroatoms. The zero-order valence-corrected chi connectivity index (χ0v) is 21.6. The summed E-state index contributed by atoms with van der Waals surface area (Å²) in [5.41, 5.74) is 1.49. The van der Waals surface area contributed by atoms with Gasteiger partial charge in [0.2, 0.25) is 0 Å². The van der Waals surface area contributed by atoms with Gasteiger partial charge in [-0.25, -0.2) is 4.68 Å². The van der Waals surface area contributed by atoms with Gasteiger partial charge < -0.3 is 20.7 Å². The van der Waals surface area contributed by atoms with Gasteiger partial charge in [-0.05, 0) is 60.7 Å². The van der Waals surface area contributed by atoms with Crippen molar-refractivity contribution >= 4 is 63.7 Å². The average Bonchev–Trinajstić information content (AvgIpc) is 3.34. The number of rotatable bonds is 8. The third-order valence-corrected chi connectivity index (χ3v) is 5.74. The van der Waals surface area contributed by atoms with Crippen molar-refractivity contribution in [1.82, 2.24) is 25.6 Å². The monoisotopic (exact) mass is 560 g/mol. The number of aromatic nitrogens is 3. The van der Waals surface area contributed by atoms with Crippen LogP contribution in [-0.4, -0.2) is 39.1 Å². The summed E-state index contributed by atoms with van der Waals surface area (Å²) in [5, 5.41) is 18.7. The Kier molecular flexibility index (Phi) is 8.61. The predicted octanol–water partition coefficient (Wildman–Crippen LogP) is 5.74. The predicted molar refractivity (Wildman–Crippen MR) is 146 cm³/mol. The summed E-state index contributed by atoms with van der Waals surface area (Å²) in [6, 6.07) is 19.3. The molecule has 36 heavy (non-hydrogen) atoms. The minimum absolute atomic E-state index is 0.147. The van der Waals surface area contributed by atoms with Gasteiger partial charge in [0.25, 0.3) is 5.91 Å². The summed E-state index contributed by atoms with van der Waals surface area (Å²) in [7, 11) is 0. The van der Waals surface area contributed by atoms with Crippen LogP contribution in [0.2, 0.25) is 15.1 Å². The zero-order chi connectivity index (χ0) is 25.5. The molecule has 0 unspecified atom stereocenters. The van der Waals surface area contributed by atoms with Crippen molar-refractivity contribution in [3.8, 4) is 17.2 Å². The lowest BCUT2D eigenvalue weighted by Crippen LogP contribution is -2.36. The van der Waals surface area contributed by atoms with Crippen LogP contribution in [0.25, 0.3) is 5.69 Å². The van der Waals surface area contributed by atoms with Gasteiger partial charge in [0.05, 0.1) is 11.2 Å². The van der Waals surface area contributed by atoms with Crippen molar-refractivity contribution in [2.45, 2.75) is 0 Å². The fourth-order valence-corrected chi connectivity index (χ4v) is 3.94. The van der Waals surface area contributed by atoms with E-state index in [0.717, 1.165) is 5.69 Å². The van der Waals surface area contributed by atoms with Crippen molar-refractivity contribution < 1.29 is 9.53 Å². The second-order valence-corrected chi connectivity index (χ2v) is 9.03. The first-order valence-electron chi connectivity index (χ1n) is 10.6. The van der Waals surface area contributed by atoms with E-state index in [2.05, 4.69) is 26.3 Å². The minimum atomic E-state index is -0.379. The smallest absolute Gasteiger partial charge is 0.273 e. The molecule has 3 N–H and O–H groups in total. The van der Waals surface area contributed by atoms with E-state index >= 15 is 0 Å². The highest BCUT2D eigenvalue weighted by Gasteiger charge is 2.15. The number of ether oxygens (including phenoxy) is 1. The number of nitrogens with one attached hydrogen (secondary N) is 3. The summed E-state index contributed by atoms with van der Waals surface area (Å²) in [4.78, 5) is 12.5. The molecule has 0 aliphatic carbocycles. The SMILES string of the molecule is O=C(NCCNC(=S)Nc1cccc(Cl)c1)c1cn(-c2ccccc2Oc2ccc(Cl)cc2Cl)nn1. The number of carbonyl (C=O) groups excluding carboxylic acids is 1. The van der Waals surface area contributed by atoms with E-state index in [1.54, 1.807) is 42.5 Å². The highest BCUT2D eigenvalue weighted by Crippen LogP contribution is 2.34. The van der Waals surface area contributed by atoms with E-state index < -0.39 is 0 Å². The molecule has 0 radical (unpaired) electrons. The van der Waals surface area contributed by atoms with Crippen molar-refractivity contribution in [3.05, 3.63) is 93.7 Å². The molecule has 1 amide bonds. The van der Waals surface area contributed by atoms with E-state index in [9.17, 15) is 4.79 Å². The van der Waals surface area contributed by atoms with Crippen LogP contribution in [0.3, 0.4) is 0 Å². The van der Waals surface area contributed by atoms with E-state index in [0.29, 0.717) is 50.5 Å². The molecular formula is C24H19Cl3N6O2S. The number of halogens is 3. The maximum absolute atomic E-state index is 12.5. The fourth-order valence-electron chi connectivity index (χ4n) is 3.08. The van der Waals surface area contributed by atoms with Crippen molar-refractivity contribution in [2.75, 3.05) is 18.4 Å². The van der Waals surface area contributed by atoms with E-state index in [4.69, 9.17) is 51.8 Å². The number of carbonyl (C=O) groups is 1. The number of hydrogen-bond donors (Lipinski definition) is 3. The number of para-hydroxylation sites is 2. The first kappa shape index (κ1) is 25.7. The lowest BCUT2D eigenvalue weighted by molar-refractivity contribution is 0.0949. The summed E-state index contributed by atoms with van der Waals surface area (Å²) >= 11 is 23.4. The summed E-state index contributed by atoms with van der Waals surface area (Å²) < 4.78 is 7.41. The van der Waals surface area contributed by atoms with Crippen LogP contribution in [0.5, 0.6) is 11.5 Å². The second kappa shape index (κ2) is 12.0. The lowest BCUT2D eigenvalue weighted by atomic mass is 10.3. The Bertz CT molecular complexity index is 1400. The molecule has 0 spiro atoms. The standard InChI is InChI=1S/C24H19Cl3N6O2S/c25-15-4-3-5-17(12-15)30-24(36)29-11-10-28-23(34)19-14-33(32-31-19)20-6-1-2-7-22(20)35-21-9-8-16(26)13-18(21)27/h1-9,12-14H,10-11H2,(H,28,34)(H2,29,30,36). The van der Waals surface area contributed by atoms with Crippen molar-refractivity contribution in [3.63, 3.8) is 0 Å². The zero-order valence-electron chi connectivity index (χ0n) is 18.5. The third-order valence-electron chi connectivity index (χ3n) is 4.73. The lowest BCUT2D eigenvalue weighted by Gasteiger charge is -2.12. The Labute approximate surface area is 227 Å². The summed E-state index contributed by atoms with van der Waals surface area (Å²) in [6.45, 7) is 0.725. The van der Waals surface area contributed by atoms with Crippen LogP contribution in [0.4, 0.5) is 5.69 Å². The number of amides is 1. The Morgan fingerprint density at radius 2 is 1.69 bits per heavy atom. The summed E-state index contributed by atoms with van der Waals surface area (Å²) in [6.07, 6.45) is 1.51. The Hall–Kier alpha value is -3.37. The maximum atomic E-state index is 12.5. The third kappa shape index (κ3) is 6.86. The molecule has 0 aliphatic heterocycles. The fraction of sp³-hybridized carbons (Fsp3) is 0.0833. The number of benzene rings is 3. The van der Waals surface area contributed by atoms with E-state index in [1.807, 2.05) is 24.3 Å². The molecule has 0 atom stereocenters. The molecule has 1 aromatic heterocycles. The number of anilines is 1. The maximum Gasteiger partial charge on any atom is 0.273 e. The molecule has 8 nitrogen and oxygen atoms in total. The molecule has 0 fully saturated rings. The Balaban J connectivity index is 1.32. The van der Waals surface area contributed by atoms with Gasteiger partial charge in [0, 0.05) is 28.8 Å². The largest absolute Gasteiger partial charge is 0.454 e. The Morgan fingerprint density at radius 1 is 0.917 bits per heavy atom. The van der Waals surface area contributed by atoms with Crippen LogP contribution < -0.4 is 20.7 Å². The molecule has 3 aromatic carbocycles. The first-order valence-corrected chi connectivity index (χ1v) is 12.2. The van der Waals surface area contributed by atoms with Crippen LogP contribution in [0.15, 0.2) is 72.9 Å². The molecule has 0 bridgehead atoms. The number of nitrogens with zero attached hydrogens (tertiary/aromatic N) is 3. The van der Waals surface area contributed by atoms with Crippen molar-refractivity contribution in [1.29, 1.82) is 0 Å². The molecular weight excluding hydrogens is 543 g/mol. The van der Waals surface area contributed by atoms with Gasteiger partial charge >= 0.3 is 0 Å². The van der Waals surface area contributed by atoms with Crippen LogP contribution in [0, 0.1) is 0 Å². The molecule has 0 saturated heterocycles. The Morgan fingerprint density at radius 3 is 2.50 bits per heavy atom. The van der Waals surface area contributed by atoms with E-state index in [1.165, 1.54) is 10.9 Å². The van der Waals surface area contributed by atoms with Gasteiger partial charge in [-0.1, -0.05) is 58.2 Å². The normalized spacial score (nSPS) is 10.5. The van der Waals surface area contributed by atoms with Crippen molar-refractivity contribution in [2.24, 2.45) is 0 Å². The molecule has 0 saturated carbocycles. The molecule has 4 rings (SSSR count). The van der Waals surface area contributed by atoms with Crippen LogP contribution >= 0.6 is 47.0 Å². The quantitative estimate of drug-likeness (QED) is 0.187. The average molecular weight is 562 g/mol. The van der Waals surface area contributed by atoms with Gasteiger partial charge in [-0.2, -0.15) is 0 Å². The highest BCUT2D eigenvalue weighted by atomic mass is 35.5. The van der Waals surface area contributed by atoms with Crippen LogP contribution in [-0.2, 0) is 0 Å². The van der Waals surface area contributed by atoms with Gasteiger partial charge in [-0.15, -0.1) is 5.10 Å². The van der Waals surface area contributed by atoms with Crippen LogP contribution in [0.1, 0.15) is 10.5 Å². The second-order valence-electron chi connectivity index (χ2n) is 7.34. The minimum Gasteiger partial charge on any atom is -0.454 e. The molecule has 184 valence electrons. The van der Waals surface area contributed by atoms with E-state index in [-0.39, 0.29) is 11.6 Å². The summed E-state index contributed by atoms with van der Waals surface area (Å²) in [5.74, 6) is 0.529. The molecule has 0 aliphatic rings. The first-order chi connectivity index (χ1) is 17.4. The number of hydrogen-bond acceptors (Lipinski definition) is 5. The number of thiocarbonyl (C=S) groups is 1. The molecule has 1 heterocycles. The molecule has 4 aromatic rings. The van der Waals surface area contributed by atoms with Gasteiger partial charge in [0.1, 0.15) is 11.4 Å².